The topological polar surface area (TPSA) is 9.23 Å². The first-order valence-corrected chi connectivity index (χ1v) is 9.42. The molecule has 0 aliphatic carbocycles. The van der Waals surface area contributed by atoms with Gasteiger partial charge in [0.1, 0.15) is 0 Å². The summed E-state index contributed by atoms with van der Waals surface area (Å²) in [6.45, 7) is 2.05. The van der Waals surface area contributed by atoms with Gasteiger partial charge in [0.15, 0.2) is 34.8 Å². The van der Waals surface area contributed by atoms with Gasteiger partial charge >= 0.3 is 6.11 Å². The summed E-state index contributed by atoms with van der Waals surface area (Å²) in [5.41, 5.74) is 0.157. The smallest absolute Gasteiger partial charge is 0.423 e. The van der Waals surface area contributed by atoms with Crippen molar-refractivity contribution >= 4 is 0 Å². The number of benzene rings is 3. The first-order chi connectivity index (χ1) is 14.6. The second-order valence-corrected chi connectivity index (χ2v) is 6.94. The number of rotatable bonds is 7. The minimum atomic E-state index is -4.53. The maximum absolute atomic E-state index is 14.4. The second-order valence-electron chi connectivity index (χ2n) is 6.94. The lowest BCUT2D eigenvalue weighted by molar-refractivity contribution is -0.188. The minimum absolute atomic E-state index is 0.0112. The fourth-order valence-corrected chi connectivity index (χ4v) is 2.98. The molecule has 3 aromatic rings. The van der Waals surface area contributed by atoms with Crippen LogP contribution in [0.15, 0.2) is 48.5 Å². The molecule has 0 aliphatic rings. The summed E-state index contributed by atoms with van der Waals surface area (Å²) in [6, 6.07) is 8.50. The molecule has 31 heavy (non-hydrogen) atoms. The van der Waals surface area contributed by atoms with Gasteiger partial charge in [-0.1, -0.05) is 37.6 Å². The Bertz CT molecular complexity index is 1030. The van der Waals surface area contributed by atoms with Crippen LogP contribution in [0.1, 0.15) is 30.9 Å². The molecule has 0 heterocycles. The molecule has 164 valence electrons. The number of hydrogen-bond acceptors (Lipinski definition) is 1. The standard InChI is InChI=1S/C23H17F7O/c1-2-3-4-13-5-7-14(8-6-13)15-9-19(26)22(20(27)10-15)31-23(29,30)16-11-17(24)21(28)18(25)12-16/h5-12H,2-4H2,1H3. The van der Waals surface area contributed by atoms with E-state index in [0.717, 1.165) is 37.0 Å². The number of ether oxygens (including phenoxy) is 1. The third-order valence-electron chi connectivity index (χ3n) is 4.65. The van der Waals surface area contributed by atoms with E-state index < -0.39 is 46.5 Å². The number of hydrogen-bond donors (Lipinski definition) is 0. The molecule has 0 N–H and O–H groups in total. The van der Waals surface area contributed by atoms with Crippen LogP contribution in [-0.2, 0) is 12.5 Å². The molecule has 8 heteroatoms. The van der Waals surface area contributed by atoms with E-state index >= 15 is 0 Å². The summed E-state index contributed by atoms with van der Waals surface area (Å²) in [4.78, 5) is 0. The average molecular weight is 442 g/mol. The summed E-state index contributed by atoms with van der Waals surface area (Å²) < 4.78 is 101. The molecule has 0 unspecified atom stereocenters. The summed E-state index contributed by atoms with van der Waals surface area (Å²) in [6.07, 6.45) is -1.67. The number of halogens is 7. The van der Waals surface area contributed by atoms with Crippen LogP contribution >= 0.6 is 0 Å². The van der Waals surface area contributed by atoms with Gasteiger partial charge in [-0.15, -0.1) is 0 Å². The van der Waals surface area contributed by atoms with Crippen molar-refractivity contribution in [1.82, 2.24) is 0 Å². The lowest BCUT2D eigenvalue weighted by atomic mass is 10.0. The Kier molecular flexibility index (Phi) is 6.57. The van der Waals surface area contributed by atoms with Gasteiger partial charge in [0, 0.05) is 0 Å². The van der Waals surface area contributed by atoms with Crippen LogP contribution in [0.4, 0.5) is 30.7 Å². The molecule has 0 aromatic heterocycles. The van der Waals surface area contributed by atoms with Gasteiger partial charge in [-0.3, -0.25) is 0 Å². The SMILES string of the molecule is CCCCc1ccc(-c2cc(F)c(OC(F)(F)c3cc(F)c(F)c(F)c3)c(F)c2)cc1. The van der Waals surface area contributed by atoms with E-state index in [1.165, 1.54) is 0 Å². The van der Waals surface area contributed by atoms with Gasteiger partial charge in [0.05, 0.1) is 5.56 Å². The highest BCUT2D eigenvalue weighted by molar-refractivity contribution is 5.65. The average Bonchev–Trinajstić information content (AvgIpc) is 2.73. The first-order valence-electron chi connectivity index (χ1n) is 9.42. The predicted molar refractivity (Wildman–Crippen MR) is 101 cm³/mol. The van der Waals surface area contributed by atoms with E-state index in [-0.39, 0.29) is 17.7 Å². The van der Waals surface area contributed by atoms with E-state index in [2.05, 4.69) is 11.7 Å². The fourth-order valence-electron chi connectivity index (χ4n) is 2.98. The van der Waals surface area contributed by atoms with E-state index in [9.17, 15) is 30.7 Å². The van der Waals surface area contributed by atoms with Crippen molar-refractivity contribution in [3.8, 4) is 16.9 Å². The lowest BCUT2D eigenvalue weighted by Gasteiger charge is -2.20. The Morgan fingerprint density at radius 3 is 1.81 bits per heavy atom. The van der Waals surface area contributed by atoms with Crippen molar-refractivity contribution in [1.29, 1.82) is 0 Å². The zero-order valence-electron chi connectivity index (χ0n) is 16.3. The molecule has 0 aliphatic heterocycles. The fraction of sp³-hybridized carbons (Fsp3) is 0.217. The summed E-state index contributed by atoms with van der Waals surface area (Å²) >= 11 is 0. The number of alkyl halides is 2. The maximum atomic E-state index is 14.4. The molecule has 0 bridgehead atoms. The Morgan fingerprint density at radius 2 is 1.29 bits per heavy atom. The van der Waals surface area contributed by atoms with Crippen molar-refractivity contribution in [3.63, 3.8) is 0 Å². The monoisotopic (exact) mass is 442 g/mol. The van der Waals surface area contributed by atoms with Crippen LogP contribution in [0, 0.1) is 29.1 Å². The van der Waals surface area contributed by atoms with Crippen molar-refractivity contribution in [3.05, 3.63) is 88.7 Å². The highest BCUT2D eigenvalue weighted by Gasteiger charge is 2.38. The van der Waals surface area contributed by atoms with Gasteiger partial charge < -0.3 is 4.74 Å². The Labute approximate surface area is 174 Å². The highest BCUT2D eigenvalue weighted by Crippen LogP contribution is 2.37. The molecule has 1 nitrogen and oxygen atoms in total. The zero-order valence-corrected chi connectivity index (χ0v) is 16.3. The van der Waals surface area contributed by atoms with Crippen molar-refractivity contribution in [2.45, 2.75) is 32.3 Å². The summed E-state index contributed by atoms with van der Waals surface area (Å²) in [5, 5.41) is 0. The van der Waals surface area contributed by atoms with E-state index in [0.29, 0.717) is 5.56 Å². The molecule has 3 aromatic carbocycles. The molecular formula is C23H17F7O. The molecule has 0 radical (unpaired) electrons. The first kappa shape index (κ1) is 22.7. The Hall–Kier alpha value is -3.03. The Balaban J connectivity index is 1.88. The van der Waals surface area contributed by atoms with Crippen LogP contribution in [0.25, 0.3) is 11.1 Å². The number of aryl methyl sites for hydroxylation is 1. The van der Waals surface area contributed by atoms with Gasteiger partial charge in [0.25, 0.3) is 0 Å². The molecule has 0 amide bonds. The maximum Gasteiger partial charge on any atom is 0.427 e. The van der Waals surface area contributed by atoms with E-state index in [4.69, 9.17) is 0 Å². The Morgan fingerprint density at radius 1 is 0.742 bits per heavy atom. The molecule has 0 saturated heterocycles. The quantitative estimate of drug-likeness (QED) is 0.272. The molecule has 0 spiro atoms. The minimum Gasteiger partial charge on any atom is -0.423 e. The summed E-state index contributed by atoms with van der Waals surface area (Å²) in [7, 11) is 0. The largest absolute Gasteiger partial charge is 0.427 e. The molecular weight excluding hydrogens is 425 g/mol. The predicted octanol–water partition coefficient (Wildman–Crippen LogP) is 7.52. The summed E-state index contributed by atoms with van der Waals surface area (Å²) in [5.74, 6) is -10.0. The molecule has 0 atom stereocenters. The van der Waals surface area contributed by atoms with Crippen molar-refractivity contribution < 1.29 is 35.5 Å². The van der Waals surface area contributed by atoms with Gasteiger partial charge in [-0.2, -0.15) is 8.78 Å². The van der Waals surface area contributed by atoms with E-state index in [1.807, 2.05) is 0 Å². The molecule has 3 rings (SSSR count). The lowest BCUT2D eigenvalue weighted by Crippen LogP contribution is -2.24. The van der Waals surface area contributed by atoms with Crippen molar-refractivity contribution in [2.75, 3.05) is 0 Å². The van der Waals surface area contributed by atoms with Crippen molar-refractivity contribution in [2.24, 2.45) is 0 Å². The van der Waals surface area contributed by atoms with Gasteiger partial charge in [-0.05, 0) is 53.8 Å². The molecule has 0 saturated carbocycles. The normalized spacial score (nSPS) is 11.6. The van der Waals surface area contributed by atoms with Crippen LogP contribution in [0.5, 0.6) is 5.75 Å². The van der Waals surface area contributed by atoms with Gasteiger partial charge in [0.2, 0.25) is 0 Å². The van der Waals surface area contributed by atoms with Crippen LogP contribution < -0.4 is 4.74 Å². The number of unbranched alkanes of at least 4 members (excludes halogenated alkanes) is 1. The third-order valence-corrected chi connectivity index (χ3v) is 4.65. The van der Waals surface area contributed by atoms with Gasteiger partial charge in [-0.25, -0.2) is 22.0 Å². The van der Waals surface area contributed by atoms with Crippen LogP contribution in [-0.4, -0.2) is 0 Å². The van der Waals surface area contributed by atoms with Crippen LogP contribution in [0.3, 0.4) is 0 Å². The highest BCUT2D eigenvalue weighted by atomic mass is 19.3. The van der Waals surface area contributed by atoms with E-state index in [1.54, 1.807) is 24.3 Å². The van der Waals surface area contributed by atoms with Crippen LogP contribution in [0.2, 0.25) is 0 Å². The third kappa shape index (κ3) is 5.00. The zero-order chi connectivity index (χ0) is 22.8. The second kappa shape index (κ2) is 8.99. The molecule has 0 fully saturated rings.